The quantitative estimate of drug-likeness (QED) is 0.764. The maximum atomic E-state index is 5.67. The molecule has 0 fully saturated rings. The molecule has 1 aromatic carbocycles. The normalized spacial score (nSPS) is 11.1. The van der Waals surface area contributed by atoms with E-state index >= 15 is 0 Å². The number of benzene rings is 1. The molecule has 2 heteroatoms. The molecule has 2 aromatic rings. The van der Waals surface area contributed by atoms with Gasteiger partial charge in [-0.05, 0) is 29.5 Å². The molecule has 86 valence electrons. The fraction of sp³-hybridized carbons (Fsp3) is 0.429. The highest BCUT2D eigenvalue weighted by atomic mass is 14.9. The topological polar surface area (TPSA) is 30.9 Å². The molecule has 0 aliphatic rings. The van der Waals surface area contributed by atoms with Crippen molar-refractivity contribution >= 4 is 10.9 Å². The third-order valence-corrected chi connectivity index (χ3v) is 3.08. The number of rotatable bonds is 5. The van der Waals surface area contributed by atoms with Gasteiger partial charge in [-0.25, -0.2) is 0 Å². The molecule has 0 unspecified atom stereocenters. The predicted octanol–water partition coefficient (Wildman–Crippen LogP) is 3.29. The Balaban J connectivity index is 2.24. The Labute approximate surface area is 97.1 Å². The van der Waals surface area contributed by atoms with Crippen LogP contribution in [0.3, 0.4) is 0 Å². The van der Waals surface area contributed by atoms with E-state index in [1.165, 1.54) is 35.7 Å². The maximum Gasteiger partial charge on any atom is 0.0483 e. The minimum absolute atomic E-state index is 0.621. The van der Waals surface area contributed by atoms with Gasteiger partial charge < -0.3 is 10.3 Å². The minimum Gasteiger partial charge on any atom is -0.347 e. The number of hydrogen-bond donors (Lipinski definition) is 1. The summed E-state index contributed by atoms with van der Waals surface area (Å²) in [6.07, 6.45) is 6.01. The van der Waals surface area contributed by atoms with Gasteiger partial charge in [0.05, 0.1) is 0 Å². The van der Waals surface area contributed by atoms with Gasteiger partial charge in [-0.15, -0.1) is 0 Å². The van der Waals surface area contributed by atoms with Gasteiger partial charge in [0.1, 0.15) is 0 Å². The molecule has 2 N–H and O–H groups in total. The summed E-state index contributed by atoms with van der Waals surface area (Å²) in [5.74, 6) is 0. The Kier molecular flexibility index (Phi) is 3.62. The first-order chi connectivity index (χ1) is 7.85. The van der Waals surface area contributed by atoms with E-state index in [1.54, 1.807) is 0 Å². The molecule has 2 nitrogen and oxygen atoms in total. The van der Waals surface area contributed by atoms with Crippen molar-refractivity contribution in [1.29, 1.82) is 0 Å². The zero-order valence-corrected chi connectivity index (χ0v) is 9.95. The van der Waals surface area contributed by atoms with E-state index in [4.69, 9.17) is 5.73 Å². The van der Waals surface area contributed by atoms with Crippen LogP contribution in [-0.2, 0) is 13.1 Å². The molecule has 2 rings (SSSR count). The molecule has 0 atom stereocenters. The number of nitrogens with two attached hydrogens (primary N) is 1. The van der Waals surface area contributed by atoms with Crippen molar-refractivity contribution in [2.45, 2.75) is 39.3 Å². The molecule has 1 heterocycles. The second-order valence-electron chi connectivity index (χ2n) is 4.31. The van der Waals surface area contributed by atoms with Gasteiger partial charge in [0.25, 0.3) is 0 Å². The van der Waals surface area contributed by atoms with E-state index in [9.17, 15) is 0 Å². The summed E-state index contributed by atoms with van der Waals surface area (Å²) in [7, 11) is 0. The molecule has 0 amide bonds. The molecular weight excluding hydrogens is 196 g/mol. The number of hydrogen-bond acceptors (Lipinski definition) is 1. The van der Waals surface area contributed by atoms with E-state index in [1.807, 2.05) is 0 Å². The minimum atomic E-state index is 0.621. The molecule has 0 saturated carbocycles. The van der Waals surface area contributed by atoms with Gasteiger partial charge in [0.2, 0.25) is 0 Å². The first-order valence-corrected chi connectivity index (χ1v) is 6.13. The molecule has 0 bridgehead atoms. The van der Waals surface area contributed by atoms with Crippen molar-refractivity contribution in [1.82, 2.24) is 4.57 Å². The van der Waals surface area contributed by atoms with E-state index in [0.717, 1.165) is 6.54 Å². The maximum absolute atomic E-state index is 5.67. The van der Waals surface area contributed by atoms with Crippen LogP contribution in [0.25, 0.3) is 10.9 Å². The molecule has 0 aliphatic heterocycles. The Hall–Kier alpha value is -1.28. The van der Waals surface area contributed by atoms with Crippen molar-refractivity contribution in [3.05, 3.63) is 36.0 Å². The van der Waals surface area contributed by atoms with Crippen molar-refractivity contribution < 1.29 is 0 Å². The lowest BCUT2D eigenvalue weighted by atomic mass is 10.1. The van der Waals surface area contributed by atoms with E-state index in [-0.39, 0.29) is 0 Å². The zero-order valence-electron chi connectivity index (χ0n) is 9.95. The number of aryl methyl sites for hydroxylation is 1. The van der Waals surface area contributed by atoms with Crippen molar-refractivity contribution in [2.24, 2.45) is 5.73 Å². The van der Waals surface area contributed by atoms with Crippen LogP contribution < -0.4 is 5.73 Å². The van der Waals surface area contributed by atoms with E-state index in [0.29, 0.717) is 6.54 Å². The van der Waals surface area contributed by atoms with Crippen LogP contribution in [0.5, 0.6) is 0 Å². The SMILES string of the molecule is CCCCCn1ccc2ccc(CN)cc21. The molecular formula is C14H20N2. The van der Waals surface area contributed by atoms with Gasteiger partial charge in [-0.1, -0.05) is 31.9 Å². The number of nitrogens with zero attached hydrogens (tertiary/aromatic N) is 1. The standard InChI is InChI=1S/C14H20N2/c1-2-3-4-8-16-9-7-13-6-5-12(11-15)10-14(13)16/h5-7,9-10H,2-4,8,11,15H2,1H3. The van der Waals surface area contributed by atoms with Gasteiger partial charge in [-0.3, -0.25) is 0 Å². The first kappa shape index (κ1) is 11.2. The lowest BCUT2D eigenvalue weighted by Crippen LogP contribution is -1.98. The van der Waals surface area contributed by atoms with E-state index in [2.05, 4.69) is 42.0 Å². The summed E-state index contributed by atoms with van der Waals surface area (Å²) < 4.78 is 2.34. The third-order valence-electron chi connectivity index (χ3n) is 3.08. The van der Waals surface area contributed by atoms with Gasteiger partial charge in [0, 0.05) is 24.8 Å². The molecule has 0 radical (unpaired) electrons. The number of unbranched alkanes of at least 4 members (excludes halogenated alkanes) is 2. The molecule has 0 aliphatic carbocycles. The largest absolute Gasteiger partial charge is 0.347 e. The lowest BCUT2D eigenvalue weighted by Gasteiger charge is -2.05. The Morgan fingerprint density at radius 1 is 1.19 bits per heavy atom. The smallest absolute Gasteiger partial charge is 0.0483 e. The summed E-state index contributed by atoms with van der Waals surface area (Å²) in [6, 6.07) is 8.66. The summed E-state index contributed by atoms with van der Waals surface area (Å²) in [5.41, 5.74) is 8.20. The van der Waals surface area contributed by atoms with Gasteiger partial charge in [-0.2, -0.15) is 0 Å². The summed E-state index contributed by atoms with van der Waals surface area (Å²) in [5, 5.41) is 1.31. The van der Waals surface area contributed by atoms with Crippen LogP contribution in [0, 0.1) is 0 Å². The zero-order chi connectivity index (χ0) is 11.4. The molecule has 0 saturated heterocycles. The van der Waals surface area contributed by atoms with Gasteiger partial charge >= 0.3 is 0 Å². The van der Waals surface area contributed by atoms with Crippen LogP contribution >= 0.6 is 0 Å². The lowest BCUT2D eigenvalue weighted by molar-refractivity contribution is 0.616. The monoisotopic (exact) mass is 216 g/mol. The first-order valence-electron chi connectivity index (χ1n) is 6.13. The van der Waals surface area contributed by atoms with Crippen molar-refractivity contribution in [3.8, 4) is 0 Å². The summed E-state index contributed by atoms with van der Waals surface area (Å²) in [4.78, 5) is 0. The van der Waals surface area contributed by atoms with Crippen LogP contribution in [0.2, 0.25) is 0 Å². The highest BCUT2D eigenvalue weighted by Gasteiger charge is 2.01. The fourth-order valence-electron chi connectivity index (χ4n) is 2.08. The van der Waals surface area contributed by atoms with Crippen LogP contribution in [-0.4, -0.2) is 4.57 Å². The van der Waals surface area contributed by atoms with Crippen LogP contribution in [0.1, 0.15) is 31.7 Å². The second-order valence-corrected chi connectivity index (χ2v) is 4.31. The van der Waals surface area contributed by atoms with E-state index < -0.39 is 0 Å². The van der Waals surface area contributed by atoms with Gasteiger partial charge in [0.15, 0.2) is 0 Å². The fourth-order valence-corrected chi connectivity index (χ4v) is 2.08. The molecule has 0 spiro atoms. The average molecular weight is 216 g/mol. The predicted molar refractivity (Wildman–Crippen MR) is 69.4 cm³/mol. The second kappa shape index (κ2) is 5.17. The summed E-state index contributed by atoms with van der Waals surface area (Å²) >= 11 is 0. The Morgan fingerprint density at radius 3 is 2.81 bits per heavy atom. The average Bonchev–Trinajstić information content (AvgIpc) is 2.72. The Bertz CT molecular complexity index is 457. The highest BCUT2D eigenvalue weighted by Crippen LogP contribution is 2.18. The van der Waals surface area contributed by atoms with Crippen molar-refractivity contribution in [2.75, 3.05) is 0 Å². The molecule has 16 heavy (non-hydrogen) atoms. The Morgan fingerprint density at radius 2 is 2.06 bits per heavy atom. The van der Waals surface area contributed by atoms with Crippen molar-refractivity contribution in [3.63, 3.8) is 0 Å². The highest BCUT2D eigenvalue weighted by molar-refractivity contribution is 5.80. The third kappa shape index (κ3) is 2.27. The molecule has 1 aromatic heterocycles. The number of fused-ring (bicyclic) bond motifs is 1. The number of aromatic nitrogens is 1. The summed E-state index contributed by atoms with van der Waals surface area (Å²) in [6.45, 7) is 3.97. The van der Waals surface area contributed by atoms with Crippen LogP contribution in [0.4, 0.5) is 0 Å². The van der Waals surface area contributed by atoms with Crippen LogP contribution in [0.15, 0.2) is 30.5 Å².